The molecule has 1 aliphatic carbocycles. The van der Waals surface area contributed by atoms with Gasteiger partial charge in [0.2, 0.25) is 0 Å². The lowest BCUT2D eigenvalue weighted by atomic mass is 9.64. The van der Waals surface area contributed by atoms with Gasteiger partial charge in [0.25, 0.3) is 0 Å². The van der Waals surface area contributed by atoms with E-state index < -0.39 is 23.0 Å². The van der Waals surface area contributed by atoms with E-state index in [9.17, 15) is 22.4 Å². The summed E-state index contributed by atoms with van der Waals surface area (Å²) in [7, 11) is 0. The molecule has 0 unspecified atom stereocenters. The fourth-order valence-corrected chi connectivity index (χ4v) is 2.07. The van der Waals surface area contributed by atoms with Crippen LogP contribution in [0.3, 0.4) is 0 Å². The molecule has 1 aromatic carbocycles. The highest BCUT2D eigenvalue weighted by Gasteiger charge is 2.48. The normalized spacial score (nSPS) is 18.1. The van der Waals surface area contributed by atoms with Crippen LogP contribution >= 0.6 is 0 Å². The van der Waals surface area contributed by atoms with Crippen molar-refractivity contribution in [1.82, 2.24) is 0 Å². The van der Waals surface area contributed by atoms with Crippen LogP contribution < -0.4 is 0 Å². The summed E-state index contributed by atoms with van der Waals surface area (Å²) in [5.41, 5.74) is -3.20. The number of hydrogen-bond donors (Lipinski definition) is 0. The Labute approximate surface area is 99.8 Å². The van der Waals surface area contributed by atoms with Crippen LogP contribution in [0.25, 0.3) is 0 Å². The summed E-state index contributed by atoms with van der Waals surface area (Å²) in [5.74, 6) is -1.72. The molecule has 1 aliphatic rings. The number of rotatable bonds is 1. The second-order valence-electron chi connectivity index (χ2n) is 4.25. The zero-order valence-corrected chi connectivity index (χ0v) is 9.01. The zero-order chi connectivity index (χ0) is 13.6. The average molecular weight is 257 g/mol. The molecule has 0 spiro atoms. The molecular formula is C12H7F4NO. The fourth-order valence-electron chi connectivity index (χ4n) is 2.07. The number of carbonyl (C=O) groups excluding carboxylic acids is 1. The number of nitriles is 1. The second kappa shape index (κ2) is 3.80. The maximum atomic E-state index is 13.8. The van der Waals surface area contributed by atoms with Crippen molar-refractivity contribution in [2.45, 2.75) is 24.4 Å². The first kappa shape index (κ1) is 12.6. The number of benzene rings is 1. The van der Waals surface area contributed by atoms with E-state index >= 15 is 0 Å². The van der Waals surface area contributed by atoms with Crippen molar-refractivity contribution in [2.24, 2.45) is 0 Å². The summed E-state index contributed by atoms with van der Waals surface area (Å²) < 4.78 is 51.4. The van der Waals surface area contributed by atoms with Crippen LogP contribution in [0.1, 0.15) is 24.0 Å². The van der Waals surface area contributed by atoms with Crippen LogP contribution in [-0.4, -0.2) is 5.78 Å². The first-order chi connectivity index (χ1) is 8.30. The van der Waals surface area contributed by atoms with Gasteiger partial charge < -0.3 is 0 Å². The molecule has 0 amide bonds. The number of halogens is 4. The third-order valence-corrected chi connectivity index (χ3v) is 3.03. The van der Waals surface area contributed by atoms with Crippen molar-refractivity contribution in [3.63, 3.8) is 0 Å². The van der Waals surface area contributed by atoms with Gasteiger partial charge in [-0.3, -0.25) is 4.79 Å². The van der Waals surface area contributed by atoms with Crippen LogP contribution in [0.5, 0.6) is 0 Å². The maximum absolute atomic E-state index is 13.8. The highest BCUT2D eigenvalue weighted by molar-refractivity contribution is 5.90. The minimum Gasteiger partial charge on any atom is -0.300 e. The predicted molar refractivity (Wildman–Crippen MR) is 52.9 cm³/mol. The van der Waals surface area contributed by atoms with E-state index in [4.69, 9.17) is 5.26 Å². The number of carbonyl (C=O) groups is 1. The Hall–Kier alpha value is -1.90. The smallest absolute Gasteiger partial charge is 0.300 e. The Balaban J connectivity index is 2.54. The number of nitrogens with zero attached hydrogens (tertiary/aromatic N) is 1. The lowest BCUT2D eigenvalue weighted by Gasteiger charge is -2.34. The molecule has 2 rings (SSSR count). The molecule has 0 saturated heterocycles. The van der Waals surface area contributed by atoms with Gasteiger partial charge in [-0.2, -0.15) is 18.4 Å². The van der Waals surface area contributed by atoms with Crippen LogP contribution in [0, 0.1) is 17.1 Å². The van der Waals surface area contributed by atoms with E-state index in [0.29, 0.717) is 6.07 Å². The average Bonchev–Trinajstić information content (AvgIpc) is 2.23. The minimum atomic E-state index is -4.81. The molecule has 2 nitrogen and oxygen atoms in total. The molecule has 1 saturated carbocycles. The Morgan fingerprint density at radius 1 is 1.28 bits per heavy atom. The van der Waals surface area contributed by atoms with Gasteiger partial charge in [0.1, 0.15) is 11.6 Å². The van der Waals surface area contributed by atoms with Crippen LogP contribution in [-0.2, 0) is 16.4 Å². The van der Waals surface area contributed by atoms with E-state index in [1.54, 1.807) is 6.07 Å². The Morgan fingerprint density at radius 3 is 2.33 bits per heavy atom. The third-order valence-electron chi connectivity index (χ3n) is 3.03. The number of ketones is 1. The van der Waals surface area contributed by atoms with Gasteiger partial charge in [0.05, 0.1) is 17.0 Å². The largest absolute Gasteiger partial charge is 0.419 e. The highest BCUT2D eigenvalue weighted by Crippen LogP contribution is 2.44. The molecule has 6 heteroatoms. The Morgan fingerprint density at radius 2 is 1.89 bits per heavy atom. The summed E-state index contributed by atoms with van der Waals surface area (Å²) in [6, 6.07) is 4.54. The summed E-state index contributed by atoms with van der Waals surface area (Å²) >= 11 is 0. The van der Waals surface area contributed by atoms with Gasteiger partial charge >= 0.3 is 6.18 Å². The third kappa shape index (κ3) is 1.76. The molecule has 0 aromatic heterocycles. The molecule has 94 valence electrons. The first-order valence-electron chi connectivity index (χ1n) is 5.09. The van der Waals surface area contributed by atoms with Gasteiger partial charge in [0.15, 0.2) is 0 Å². The van der Waals surface area contributed by atoms with Crippen molar-refractivity contribution < 1.29 is 22.4 Å². The minimum absolute atomic E-state index is 0.234. The molecule has 0 bridgehead atoms. The first-order valence-corrected chi connectivity index (χ1v) is 5.09. The predicted octanol–water partition coefficient (Wildman–Crippen LogP) is 2.97. The summed E-state index contributed by atoms with van der Waals surface area (Å²) in [5, 5.41) is 8.98. The van der Waals surface area contributed by atoms with Crippen molar-refractivity contribution in [2.75, 3.05) is 0 Å². The van der Waals surface area contributed by atoms with Gasteiger partial charge in [-0.15, -0.1) is 0 Å². The molecule has 0 heterocycles. The van der Waals surface area contributed by atoms with Crippen LogP contribution in [0.15, 0.2) is 18.2 Å². The Bertz CT molecular complexity index is 548. The second-order valence-corrected chi connectivity index (χ2v) is 4.25. The standard InChI is InChI=1S/C12H7F4NO/c13-10-8(11(6-17)4-7(18)5-11)2-1-3-9(10)12(14,15)16/h1-3H,4-5H2. The molecule has 0 N–H and O–H groups in total. The van der Waals surface area contributed by atoms with Gasteiger partial charge in [-0.1, -0.05) is 12.1 Å². The van der Waals surface area contributed by atoms with Crippen molar-refractivity contribution in [3.8, 4) is 6.07 Å². The van der Waals surface area contributed by atoms with Gasteiger partial charge in [-0.25, -0.2) is 4.39 Å². The topological polar surface area (TPSA) is 40.9 Å². The van der Waals surface area contributed by atoms with Gasteiger partial charge in [-0.05, 0) is 6.07 Å². The van der Waals surface area contributed by atoms with Crippen molar-refractivity contribution >= 4 is 5.78 Å². The summed E-state index contributed by atoms with van der Waals surface area (Å²) in [6.07, 6.45) is -5.28. The summed E-state index contributed by atoms with van der Waals surface area (Å²) in [4.78, 5) is 10.9. The zero-order valence-electron chi connectivity index (χ0n) is 9.01. The fraction of sp³-hybridized carbons (Fsp3) is 0.333. The van der Waals surface area contributed by atoms with E-state index in [-0.39, 0.29) is 24.2 Å². The SMILES string of the molecule is N#CC1(c2cccc(C(F)(F)F)c2F)CC(=O)C1. The molecule has 0 atom stereocenters. The number of hydrogen-bond acceptors (Lipinski definition) is 2. The molecular weight excluding hydrogens is 250 g/mol. The lowest BCUT2D eigenvalue weighted by molar-refractivity contribution is -0.140. The lowest BCUT2D eigenvalue weighted by Crippen LogP contribution is -2.41. The maximum Gasteiger partial charge on any atom is 0.419 e. The molecule has 18 heavy (non-hydrogen) atoms. The van der Waals surface area contributed by atoms with Gasteiger partial charge in [0, 0.05) is 18.4 Å². The van der Waals surface area contributed by atoms with E-state index in [1.807, 2.05) is 0 Å². The molecule has 0 aliphatic heterocycles. The number of Topliss-reactive ketones (excluding diaryl/α,β-unsaturated/α-hetero) is 1. The summed E-state index contributed by atoms with van der Waals surface area (Å²) in [6.45, 7) is 0. The quantitative estimate of drug-likeness (QED) is 0.726. The van der Waals surface area contributed by atoms with Crippen molar-refractivity contribution in [3.05, 3.63) is 35.1 Å². The van der Waals surface area contributed by atoms with Crippen LogP contribution in [0.4, 0.5) is 17.6 Å². The Kier molecular flexibility index (Phi) is 2.65. The molecule has 1 aromatic rings. The molecule has 0 radical (unpaired) electrons. The molecule has 1 fully saturated rings. The van der Waals surface area contributed by atoms with E-state index in [0.717, 1.165) is 12.1 Å². The monoisotopic (exact) mass is 257 g/mol. The highest BCUT2D eigenvalue weighted by atomic mass is 19.4. The number of alkyl halides is 3. The van der Waals surface area contributed by atoms with Crippen molar-refractivity contribution in [1.29, 1.82) is 5.26 Å². The van der Waals surface area contributed by atoms with E-state index in [1.165, 1.54) is 0 Å². The van der Waals surface area contributed by atoms with Crippen LogP contribution in [0.2, 0.25) is 0 Å². The van der Waals surface area contributed by atoms with E-state index in [2.05, 4.69) is 0 Å².